The van der Waals surface area contributed by atoms with Gasteiger partial charge < -0.3 is 14.2 Å². The van der Waals surface area contributed by atoms with Crippen LogP contribution in [-0.2, 0) is 50.6 Å². The Balaban J connectivity index is 0.000000318. The van der Waals surface area contributed by atoms with Gasteiger partial charge in [0.1, 0.15) is 17.8 Å². The number of benzene rings is 2. The number of carbonyl (C=O) groups excluding carboxylic acids is 2. The summed E-state index contributed by atoms with van der Waals surface area (Å²) in [5.41, 5.74) is 0.969. The van der Waals surface area contributed by atoms with Crippen molar-refractivity contribution < 1.29 is 27.5 Å². The number of rotatable bonds is 7. The van der Waals surface area contributed by atoms with Crippen molar-refractivity contribution in [2.45, 2.75) is 91.8 Å². The Morgan fingerprint density at radius 3 is 2.31 bits per heavy atom. The smallest absolute Gasteiger partial charge is 0.416 e. The number of halogens is 3. The van der Waals surface area contributed by atoms with E-state index >= 15 is 0 Å². The third-order valence-electron chi connectivity index (χ3n) is 8.53. The first-order valence-corrected chi connectivity index (χ1v) is 16.1. The molecule has 256 valence electrons. The number of ether oxygens (including phenoxy) is 1. The number of amides is 2. The van der Waals surface area contributed by atoms with Gasteiger partial charge in [0.25, 0.3) is 5.91 Å². The maximum Gasteiger partial charge on any atom is 0.416 e. The lowest BCUT2D eigenvalue weighted by atomic mass is 9.99. The maximum absolute atomic E-state index is 14.0. The predicted molar refractivity (Wildman–Crippen MR) is 174 cm³/mol. The molecule has 2 amide bonds. The highest BCUT2D eigenvalue weighted by Gasteiger charge is 2.40. The topological polar surface area (TPSA) is 98.4 Å². The van der Waals surface area contributed by atoms with Crippen LogP contribution in [0.1, 0.15) is 91.6 Å². The van der Waals surface area contributed by atoms with Crippen LogP contribution in [0.5, 0.6) is 0 Å². The van der Waals surface area contributed by atoms with Crippen LogP contribution < -0.4 is 4.90 Å². The summed E-state index contributed by atoms with van der Waals surface area (Å²) in [6, 6.07) is 11.3. The van der Waals surface area contributed by atoms with Crippen LogP contribution in [0, 0.1) is 5.92 Å². The molecule has 0 saturated carbocycles. The van der Waals surface area contributed by atoms with Crippen molar-refractivity contribution in [1.29, 1.82) is 0 Å². The number of aromatic nitrogens is 5. The van der Waals surface area contributed by atoms with Gasteiger partial charge in [-0.3, -0.25) is 14.4 Å². The molecule has 2 aliphatic rings. The summed E-state index contributed by atoms with van der Waals surface area (Å²) in [5, 5.41) is 12.4. The van der Waals surface area contributed by atoms with Gasteiger partial charge in [0.2, 0.25) is 0 Å². The maximum atomic E-state index is 14.0. The summed E-state index contributed by atoms with van der Waals surface area (Å²) in [4.78, 5) is 28.3. The fourth-order valence-corrected chi connectivity index (χ4v) is 5.89. The van der Waals surface area contributed by atoms with Crippen LogP contribution in [0.3, 0.4) is 0 Å². The fraction of sp³-hybridized carbons (Fsp3) is 0.457. The van der Waals surface area contributed by atoms with Gasteiger partial charge in [-0.1, -0.05) is 44.9 Å². The van der Waals surface area contributed by atoms with E-state index in [2.05, 4.69) is 29.1 Å². The molecule has 6 rings (SSSR count). The Labute approximate surface area is 278 Å². The van der Waals surface area contributed by atoms with Crippen LogP contribution in [0.25, 0.3) is 0 Å². The average Bonchev–Trinajstić information content (AvgIpc) is 3.79. The van der Waals surface area contributed by atoms with Gasteiger partial charge in [-0.05, 0) is 62.1 Å². The first-order chi connectivity index (χ1) is 22.7. The number of hydrogen-bond acceptors (Lipinski definition) is 6. The van der Waals surface area contributed by atoms with E-state index in [4.69, 9.17) is 4.74 Å². The third kappa shape index (κ3) is 7.88. The molecule has 0 aliphatic carbocycles. The number of aryl methyl sites for hydroxylation is 1. The summed E-state index contributed by atoms with van der Waals surface area (Å²) in [7, 11) is 2.00. The van der Waals surface area contributed by atoms with E-state index in [9.17, 15) is 22.8 Å². The Hall–Kier alpha value is -4.68. The number of nitrogens with zero attached hydrogens (tertiary/aromatic N) is 7. The summed E-state index contributed by atoms with van der Waals surface area (Å²) < 4.78 is 50.9. The molecule has 2 aromatic heterocycles. The Morgan fingerprint density at radius 1 is 1.02 bits per heavy atom. The molecule has 0 spiro atoms. The van der Waals surface area contributed by atoms with Gasteiger partial charge in [-0.15, -0.1) is 10.2 Å². The first-order valence-electron chi connectivity index (χ1n) is 16.1. The number of alkyl halides is 3. The molecule has 4 heterocycles. The molecular formula is C35H42F3N7O3. The molecule has 10 nitrogen and oxygen atoms in total. The standard InChI is InChI=1S/C26H25F3N4O3.C9H17N3/c1-25(2,3)36-24(35)31-12-17-13-32(30-22(17)15-31)11-16-9-19-20(21(10-16)26(27,28)29)14-33(23(19)34)18-7-5-4-6-8-18;1-4-8(5-2)6-9-11-10-7-12(9)3/h4-10,13H,11-12,14-15H2,1-3H3;7-8H,4-6H2,1-3H3. The second-order valence-electron chi connectivity index (χ2n) is 13.3. The van der Waals surface area contributed by atoms with E-state index in [0.717, 1.165) is 29.8 Å². The van der Waals surface area contributed by atoms with Crippen molar-refractivity contribution in [1.82, 2.24) is 29.4 Å². The van der Waals surface area contributed by atoms with E-state index in [1.54, 1.807) is 68.3 Å². The molecule has 0 fully saturated rings. The lowest BCUT2D eigenvalue weighted by molar-refractivity contribution is -0.138. The highest BCUT2D eigenvalue weighted by molar-refractivity contribution is 6.10. The van der Waals surface area contributed by atoms with E-state index < -0.39 is 29.3 Å². The zero-order chi connectivity index (χ0) is 34.8. The van der Waals surface area contributed by atoms with Crippen molar-refractivity contribution in [3.8, 4) is 0 Å². The fourth-order valence-electron chi connectivity index (χ4n) is 5.89. The van der Waals surface area contributed by atoms with Gasteiger partial charge in [0.15, 0.2) is 0 Å². The molecule has 0 N–H and O–H groups in total. The van der Waals surface area contributed by atoms with Crippen LogP contribution in [0.2, 0.25) is 0 Å². The molecule has 0 unspecified atom stereocenters. The number of fused-ring (bicyclic) bond motifs is 2. The van der Waals surface area contributed by atoms with Gasteiger partial charge >= 0.3 is 12.3 Å². The minimum absolute atomic E-state index is 0.0175. The van der Waals surface area contributed by atoms with Crippen LogP contribution >= 0.6 is 0 Å². The largest absolute Gasteiger partial charge is 0.444 e. The Kier molecular flexibility index (Phi) is 9.97. The van der Waals surface area contributed by atoms with Crippen LogP contribution in [0.15, 0.2) is 55.0 Å². The molecule has 0 bridgehead atoms. The number of hydrogen-bond donors (Lipinski definition) is 0. The van der Waals surface area contributed by atoms with Crippen molar-refractivity contribution in [2.75, 3.05) is 4.90 Å². The normalized spacial score (nSPS) is 14.2. The number of anilines is 1. The minimum atomic E-state index is -4.60. The molecule has 0 saturated heterocycles. The van der Waals surface area contributed by atoms with E-state index in [1.165, 1.54) is 28.7 Å². The van der Waals surface area contributed by atoms with Gasteiger partial charge in [-0.2, -0.15) is 18.3 Å². The van der Waals surface area contributed by atoms with E-state index in [-0.39, 0.29) is 30.8 Å². The molecule has 4 aromatic rings. The molecule has 0 radical (unpaired) electrons. The van der Waals surface area contributed by atoms with E-state index in [1.807, 2.05) is 11.6 Å². The zero-order valence-corrected chi connectivity index (χ0v) is 28.2. The lowest BCUT2D eigenvalue weighted by Crippen LogP contribution is -2.33. The van der Waals surface area contributed by atoms with Crippen molar-refractivity contribution in [2.24, 2.45) is 13.0 Å². The molecule has 2 aromatic carbocycles. The van der Waals surface area contributed by atoms with Crippen LogP contribution in [-0.4, -0.2) is 47.0 Å². The van der Waals surface area contributed by atoms with Crippen molar-refractivity contribution in [3.63, 3.8) is 0 Å². The lowest BCUT2D eigenvalue weighted by Gasteiger charge is -2.24. The molecule has 0 atom stereocenters. The second-order valence-corrected chi connectivity index (χ2v) is 13.3. The monoisotopic (exact) mass is 665 g/mol. The molecule has 48 heavy (non-hydrogen) atoms. The van der Waals surface area contributed by atoms with Crippen molar-refractivity contribution >= 4 is 17.7 Å². The third-order valence-corrected chi connectivity index (χ3v) is 8.53. The van der Waals surface area contributed by atoms with Gasteiger partial charge in [0, 0.05) is 36.5 Å². The summed E-state index contributed by atoms with van der Waals surface area (Å²) in [6.45, 7) is 10.3. The van der Waals surface area contributed by atoms with E-state index in [0.29, 0.717) is 23.5 Å². The summed E-state index contributed by atoms with van der Waals surface area (Å²) in [5.74, 6) is 1.40. The number of para-hydroxylation sites is 1. The quantitative estimate of drug-likeness (QED) is 0.208. The minimum Gasteiger partial charge on any atom is -0.444 e. The second kappa shape index (κ2) is 13.8. The summed E-state index contributed by atoms with van der Waals surface area (Å²) >= 11 is 0. The average molecular weight is 666 g/mol. The van der Waals surface area contributed by atoms with Gasteiger partial charge in [0.05, 0.1) is 37.4 Å². The Morgan fingerprint density at radius 2 is 1.73 bits per heavy atom. The predicted octanol–water partition coefficient (Wildman–Crippen LogP) is 7.16. The molecule has 2 aliphatic heterocycles. The number of carbonyl (C=O) groups is 2. The van der Waals surface area contributed by atoms with Crippen molar-refractivity contribution in [3.05, 3.63) is 94.3 Å². The first kappa shape index (κ1) is 34.6. The van der Waals surface area contributed by atoms with Gasteiger partial charge in [-0.25, -0.2) is 4.79 Å². The Bertz CT molecular complexity index is 1730. The highest BCUT2D eigenvalue weighted by Crippen LogP contribution is 2.39. The molecule has 13 heteroatoms. The molecular weight excluding hydrogens is 623 g/mol. The SMILES string of the molecule is CC(C)(C)OC(=O)N1Cc2cn(Cc3cc4c(c(C(F)(F)F)c3)CN(c3ccccc3)C4=O)nc2C1.CCC(CC)Cc1nncn1C. The van der Waals surface area contributed by atoms with Crippen LogP contribution in [0.4, 0.5) is 23.7 Å². The zero-order valence-electron chi connectivity index (χ0n) is 28.2. The highest BCUT2D eigenvalue weighted by atomic mass is 19.4. The summed E-state index contributed by atoms with van der Waals surface area (Å²) in [6.07, 6.45) is 1.95.